The lowest BCUT2D eigenvalue weighted by atomic mass is 9.71. The SMILES string of the molecule is C/C=C/C=C(C)\C=C\C1(c2ccc(OCC(C)CC)c(OCC(C)CC)c2)c2cc(C)ccc2-c2ccc(C)cc21. The second-order valence-corrected chi connectivity index (χ2v) is 12.0. The van der Waals surface area contributed by atoms with Crippen LogP contribution in [0.5, 0.6) is 11.5 Å². The maximum absolute atomic E-state index is 6.53. The molecule has 0 saturated carbocycles. The zero-order chi connectivity index (χ0) is 29.6. The summed E-state index contributed by atoms with van der Waals surface area (Å²) >= 11 is 0. The molecule has 0 bridgehead atoms. The quantitative estimate of drug-likeness (QED) is 0.210. The van der Waals surface area contributed by atoms with Gasteiger partial charge < -0.3 is 9.47 Å². The van der Waals surface area contributed by atoms with Gasteiger partial charge in [0.15, 0.2) is 11.5 Å². The average Bonchev–Trinajstić information content (AvgIpc) is 3.25. The summed E-state index contributed by atoms with van der Waals surface area (Å²) in [4.78, 5) is 0. The molecule has 0 spiro atoms. The number of hydrogen-bond acceptors (Lipinski definition) is 2. The maximum atomic E-state index is 6.53. The van der Waals surface area contributed by atoms with E-state index in [-0.39, 0.29) is 0 Å². The minimum absolute atomic E-state index is 0.461. The molecule has 2 atom stereocenters. The molecule has 1 aliphatic carbocycles. The molecule has 0 saturated heterocycles. The minimum atomic E-state index is -0.461. The highest BCUT2D eigenvalue weighted by molar-refractivity contribution is 5.85. The van der Waals surface area contributed by atoms with E-state index in [1.165, 1.54) is 44.5 Å². The van der Waals surface area contributed by atoms with Gasteiger partial charge in [0.25, 0.3) is 0 Å². The summed E-state index contributed by atoms with van der Waals surface area (Å²) in [5.41, 5.74) is 9.68. The van der Waals surface area contributed by atoms with Crippen LogP contribution in [0.15, 0.2) is 90.6 Å². The molecule has 0 aliphatic heterocycles. The molecule has 4 rings (SSSR count). The largest absolute Gasteiger partial charge is 0.489 e. The van der Waals surface area contributed by atoms with Crippen molar-refractivity contribution in [2.24, 2.45) is 11.8 Å². The Morgan fingerprint density at radius 2 is 1.34 bits per heavy atom. The second kappa shape index (κ2) is 13.4. The van der Waals surface area contributed by atoms with Gasteiger partial charge in [-0.05, 0) is 79.5 Å². The summed E-state index contributed by atoms with van der Waals surface area (Å²) < 4.78 is 12.9. The van der Waals surface area contributed by atoms with E-state index < -0.39 is 5.41 Å². The van der Waals surface area contributed by atoms with Crippen LogP contribution in [0.2, 0.25) is 0 Å². The third-order valence-corrected chi connectivity index (χ3v) is 8.48. The molecular formula is C39H48O2. The zero-order valence-electron chi connectivity index (χ0n) is 26.4. The number of fused-ring (bicyclic) bond motifs is 3. The first kappa shape index (κ1) is 30.4. The van der Waals surface area contributed by atoms with Crippen molar-refractivity contribution < 1.29 is 9.47 Å². The Morgan fingerprint density at radius 3 is 1.88 bits per heavy atom. The van der Waals surface area contributed by atoms with E-state index >= 15 is 0 Å². The smallest absolute Gasteiger partial charge is 0.161 e. The van der Waals surface area contributed by atoms with Gasteiger partial charge in [-0.25, -0.2) is 0 Å². The van der Waals surface area contributed by atoms with Crippen LogP contribution in [-0.4, -0.2) is 13.2 Å². The summed E-state index contributed by atoms with van der Waals surface area (Å²) in [5, 5.41) is 0. The number of allylic oxidation sites excluding steroid dienone is 6. The van der Waals surface area contributed by atoms with E-state index in [0.717, 1.165) is 24.3 Å². The molecule has 0 radical (unpaired) electrons. The lowest BCUT2D eigenvalue weighted by Crippen LogP contribution is -2.25. The highest BCUT2D eigenvalue weighted by atomic mass is 16.5. The highest BCUT2D eigenvalue weighted by Crippen LogP contribution is 2.55. The minimum Gasteiger partial charge on any atom is -0.489 e. The van der Waals surface area contributed by atoms with Crippen LogP contribution in [0.3, 0.4) is 0 Å². The third-order valence-electron chi connectivity index (χ3n) is 8.48. The first-order valence-electron chi connectivity index (χ1n) is 15.3. The first-order chi connectivity index (χ1) is 19.7. The van der Waals surface area contributed by atoms with E-state index in [1.54, 1.807) is 0 Å². The molecule has 0 fully saturated rings. The Bertz CT molecular complexity index is 1390. The second-order valence-electron chi connectivity index (χ2n) is 12.0. The van der Waals surface area contributed by atoms with Crippen molar-refractivity contribution in [1.82, 2.24) is 0 Å². The Balaban J connectivity index is 1.97. The Labute approximate surface area is 248 Å². The molecule has 2 unspecified atom stereocenters. The molecule has 2 heteroatoms. The summed E-state index contributed by atoms with van der Waals surface area (Å²) in [6.45, 7) is 18.8. The molecule has 0 N–H and O–H groups in total. The molecule has 41 heavy (non-hydrogen) atoms. The maximum Gasteiger partial charge on any atom is 0.161 e. The Kier molecular flexibility index (Phi) is 9.97. The number of benzene rings is 3. The van der Waals surface area contributed by atoms with Gasteiger partial charge >= 0.3 is 0 Å². The predicted molar refractivity (Wildman–Crippen MR) is 175 cm³/mol. The van der Waals surface area contributed by atoms with Crippen molar-refractivity contribution >= 4 is 0 Å². The standard InChI is InChI=1S/C39H48O2/c1-9-12-13-29(6)20-21-39(35-22-30(7)14-17-33(35)34-18-15-31(8)23-36(34)39)32-16-19-37(40-25-27(4)10-2)38(24-32)41-26-28(5)11-3/h9,12-24,27-28H,10-11,25-26H2,1-8H3/b12-9+,21-20+,29-13-. The summed E-state index contributed by atoms with van der Waals surface area (Å²) in [6.07, 6.45) is 13.2. The van der Waals surface area contributed by atoms with Gasteiger partial charge in [-0.2, -0.15) is 0 Å². The molecular weight excluding hydrogens is 500 g/mol. The number of hydrogen-bond donors (Lipinski definition) is 0. The van der Waals surface area contributed by atoms with Crippen molar-refractivity contribution in [1.29, 1.82) is 0 Å². The van der Waals surface area contributed by atoms with Gasteiger partial charge in [0.1, 0.15) is 0 Å². The van der Waals surface area contributed by atoms with Crippen LogP contribution in [-0.2, 0) is 5.41 Å². The molecule has 3 aromatic carbocycles. The molecule has 216 valence electrons. The normalized spacial score (nSPS) is 15.7. The summed E-state index contributed by atoms with van der Waals surface area (Å²) in [6, 6.07) is 20.4. The number of aryl methyl sites for hydroxylation is 2. The van der Waals surface area contributed by atoms with Gasteiger partial charge in [0, 0.05) is 0 Å². The van der Waals surface area contributed by atoms with Crippen molar-refractivity contribution in [3.05, 3.63) is 118 Å². The predicted octanol–water partition coefficient (Wildman–Crippen LogP) is 10.5. The Hall–Kier alpha value is -3.52. The fraction of sp³-hybridized carbons (Fsp3) is 0.385. The van der Waals surface area contributed by atoms with E-state index in [2.05, 4.69) is 140 Å². The fourth-order valence-corrected chi connectivity index (χ4v) is 5.42. The van der Waals surface area contributed by atoms with Crippen molar-refractivity contribution in [3.63, 3.8) is 0 Å². The lowest BCUT2D eigenvalue weighted by molar-refractivity contribution is 0.217. The van der Waals surface area contributed by atoms with Gasteiger partial charge in [0.2, 0.25) is 0 Å². The average molecular weight is 549 g/mol. The molecule has 2 nitrogen and oxygen atoms in total. The van der Waals surface area contributed by atoms with Crippen LogP contribution in [0.1, 0.15) is 82.2 Å². The van der Waals surface area contributed by atoms with Crippen molar-refractivity contribution in [2.75, 3.05) is 13.2 Å². The highest BCUT2D eigenvalue weighted by Gasteiger charge is 2.43. The van der Waals surface area contributed by atoms with E-state index in [9.17, 15) is 0 Å². The van der Waals surface area contributed by atoms with Crippen LogP contribution in [0.4, 0.5) is 0 Å². The molecule has 0 amide bonds. The summed E-state index contributed by atoms with van der Waals surface area (Å²) in [5.74, 6) is 2.60. The van der Waals surface area contributed by atoms with Gasteiger partial charge in [-0.15, -0.1) is 0 Å². The topological polar surface area (TPSA) is 18.5 Å². The van der Waals surface area contributed by atoms with Crippen LogP contribution < -0.4 is 9.47 Å². The van der Waals surface area contributed by atoms with Crippen LogP contribution in [0, 0.1) is 25.7 Å². The fourth-order valence-electron chi connectivity index (χ4n) is 5.42. The van der Waals surface area contributed by atoms with Gasteiger partial charge in [0.05, 0.1) is 18.6 Å². The van der Waals surface area contributed by atoms with Crippen LogP contribution >= 0.6 is 0 Å². The molecule has 0 heterocycles. The van der Waals surface area contributed by atoms with Gasteiger partial charge in [-0.1, -0.05) is 130 Å². The third kappa shape index (κ3) is 6.53. The lowest BCUT2D eigenvalue weighted by Gasteiger charge is -2.31. The number of ether oxygens (including phenoxy) is 2. The monoisotopic (exact) mass is 548 g/mol. The first-order valence-corrected chi connectivity index (χ1v) is 15.3. The van der Waals surface area contributed by atoms with Crippen molar-refractivity contribution in [3.8, 4) is 22.6 Å². The zero-order valence-corrected chi connectivity index (χ0v) is 26.4. The molecule has 1 aliphatic rings. The molecule has 0 aromatic heterocycles. The molecule has 3 aromatic rings. The van der Waals surface area contributed by atoms with Crippen LogP contribution in [0.25, 0.3) is 11.1 Å². The summed E-state index contributed by atoms with van der Waals surface area (Å²) in [7, 11) is 0. The van der Waals surface area contributed by atoms with Crippen molar-refractivity contribution in [2.45, 2.75) is 73.6 Å². The Morgan fingerprint density at radius 1 is 0.780 bits per heavy atom. The van der Waals surface area contributed by atoms with Gasteiger partial charge in [-0.3, -0.25) is 0 Å². The van der Waals surface area contributed by atoms with E-state index in [0.29, 0.717) is 25.0 Å². The number of rotatable bonds is 12. The van der Waals surface area contributed by atoms with E-state index in [4.69, 9.17) is 9.47 Å². The van der Waals surface area contributed by atoms with E-state index in [1.807, 2.05) is 0 Å².